The van der Waals surface area contributed by atoms with E-state index in [0.29, 0.717) is 24.8 Å². The highest BCUT2D eigenvalue weighted by atomic mass is 16.5. The third-order valence-corrected chi connectivity index (χ3v) is 3.71. The van der Waals surface area contributed by atoms with Crippen molar-refractivity contribution in [2.45, 2.75) is 13.0 Å². The largest absolute Gasteiger partial charge is 0.481 e. The van der Waals surface area contributed by atoms with E-state index in [1.54, 1.807) is 11.0 Å². The summed E-state index contributed by atoms with van der Waals surface area (Å²) in [5.74, 6) is 0.502. The maximum Gasteiger partial charge on any atom is 0.292 e. The zero-order valence-corrected chi connectivity index (χ0v) is 12.6. The van der Waals surface area contributed by atoms with Crippen molar-refractivity contribution in [1.82, 2.24) is 14.9 Å². The second kappa shape index (κ2) is 6.01. The minimum absolute atomic E-state index is 0.0931. The summed E-state index contributed by atoms with van der Waals surface area (Å²) in [5, 5.41) is 0. The lowest BCUT2D eigenvalue weighted by atomic mass is 10.00. The Balaban J connectivity index is 1.86. The second-order valence-corrected chi connectivity index (χ2v) is 5.02. The van der Waals surface area contributed by atoms with Gasteiger partial charge in [-0.1, -0.05) is 24.3 Å². The monoisotopic (exact) mass is 299 g/mol. The van der Waals surface area contributed by atoms with Crippen LogP contribution in [0.2, 0.25) is 0 Å². The highest BCUT2D eigenvalue weighted by Gasteiger charge is 2.24. The Morgan fingerprint density at radius 1 is 1.09 bits per heavy atom. The Morgan fingerprint density at radius 3 is 2.36 bits per heavy atom. The summed E-state index contributed by atoms with van der Waals surface area (Å²) >= 11 is 0. The van der Waals surface area contributed by atoms with E-state index in [1.807, 2.05) is 18.2 Å². The molecule has 0 spiro atoms. The smallest absolute Gasteiger partial charge is 0.292 e. The van der Waals surface area contributed by atoms with E-state index in [1.165, 1.54) is 19.8 Å². The van der Waals surface area contributed by atoms with Gasteiger partial charge in [0.2, 0.25) is 17.6 Å². The molecule has 0 saturated heterocycles. The molecule has 0 radical (unpaired) electrons. The number of amides is 1. The molecule has 1 aliphatic heterocycles. The predicted octanol–water partition coefficient (Wildman–Crippen LogP) is 1.69. The summed E-state index contributed by atoms with van der Waals surface area (Å²) in [4.78, 5) is 22.6. The molecule has 0 bridgehead atoms. The van der Waals surface area contributed by atoms with Crippen LogP contribution in [0.3, 0.4) is 0 Å². The summed E-state index contributed by atoms with van der Waals surface area (Å²) in [7, 11) is 2.99. The van der Waals surface area contributed by atoms with Crippen LogP contribution in [0.25, 0.3) is 0 Å². The van der Waals surface area contributed by atoms with E-state index in [-0.39, 0.29) is 11.7 Å². The normalized spacial score (nSPS) is 13.5. The van der Waals surface area contributed by atoms with Crippen LogP contribution in [0.4, 0.5) is 0 Å². The van der Waals surface area contributed by atoms with Crippen molar-refractivity contribution in [3.63, 3.8) is 0 Å². The van der Waals surface area contributed by atoms with Gasteiger partial charge >= 0.3 is 0 Å². The van der Waals surface area contributed by atoms with Gasteiger partial charge in [0.05, 0.1) is 20.3 Å². The maximum atomic E-state index is 12.6. The topological polar surface area (TPSA) is 64.6 Å². The Hall–Kier alpha value is -2.63. The molecule has 0 N–H and O–H groups in total. The number of nitrogens with zero attached hydrogens (tertiary/aromatic N) is 3. The SMILES string of the molecule is COc1cc(OC)nc(C(=O)N2CCc3ccccc3C2)n1. The first-order valence-electron chi connectivity index (χ1n) is 7.04. The van der Waals surface area contributed by atoms with E-state index in [9.17, 15) is 4.79 Å². The average Bonchev–Trinajstić information content (AvgIpc) is 2.60. The molecule has 114 valence electrons. The molecule has 1 aliphatic rings. The summed E-state index contributed by atoms with van der Waals surface area (Å²) in [6.45, 7) is 1.22. The fourth-order valence-corrected chi connectivity index (χ4v) is 2.52. The first-order chi connectivity index (χ1) is 10.7. The molecule has 3 rings (SSSR count). The molecule has 2 aromatic rings. The summed E-state index contributed by atoms with van der Waals surface area (Å²) < 4.78 is 10.2. The minimum Gasteiger partial charge on any atom is -0.481 e. The zero-order valence-electron chi connectivity index (χ0n) is 12.6. The molecule has 0 fully saturated rings. The number of aromatic nitrogens is 2. The lowest BCUT2D eigenvalue weighted by Gasteiger charge is -2.28. The van der Waals surface area contributed by atoms with Crippen molar-refractivity contribution in [2.24, 2.45) is 0 Å². The van der Waals surface area contributed by atoms with Crippen LogP contribution in [-0.4, -0.2) is 41.5 Å². The highest BCUT2D eigenvalue weighted by Crippen LogP contribution is 2.21. The highest BCUT2D eigenvalue weighted by molar-refractivity contribution is 5.91. The summed E-state index contributed by atoms with van der Waals surface area (Å²) in [6.07, 6.45) is 0.836. The van der Waals surface area contributed by atoms with Crippen LogP contribution in [0, 0.1) is 0 Å². The van der Waals surface area contributed by atoms with Gasteiger partial charge in [0.15, 0.2) is 0 Å². The van der Waals surface area contributed by atoms with E-state index in [4.69, 9.17) is 9.47 Å². The molecule has 0 atom stereocenters. The number of hydrogen-bond acceptors (Lipinski definition) is 5. The van der Waals surface area contributed by atoms with E-state index in [0.717, 1.165) is 12.0 Å². The Labute approximate surface area is 128 Å². The molecule has 0 aliphatic carbocycles. The van der Waals surface area contributed by atoms with Crippen molar-refractivity contribution in [1.29, 1.82) is 0 Å². The van der Waals surface area contributed by atoms with Gasteiger partial charge in [-0.25, -0.2) is 0 Å². The number of ether oxygens (including phenoxy) is 2. The van der Waals surface area contributed by atoms with Gasteiger partial charge in [-0.2, -0.15) is 9.97 Å². The van der Waals surface area contributed by atoms with Gasteiger partial charge in [-0.05, 0) is 17.5 Å². The van der Waals surface area contributed by atoms with E-state index >= 15 is 0 Å². The van der Waals surface area contributed by atoms with Gasteiger partial charge in [-0.15, -0.1) is 0 Å². The molecule has 2 heterocycles. The van der Waals surface area contributed by atoms with Crippen molar-refractivity contribution >= 4 is 5.91 Å². The standard InChI is InChI=1S/C16H17N3O3/c1-21-13-9-14(22-2)18-15(17-13)16(20)19-8-7-11-5-3-4-6-12(11)10-19/h3-6,9H,7-8,10H2,1-2H3. The Bertz CT molecular complexity index is 681. The zero-order chi connectivity index (χ0) is 15.5. The number of fused-ring (bicyclic) bond motifs is 1. The maximum absolute atomic E-state index is 12.6. The number of methoxy groups -OCH3 is 2. The molecule has 6 heteroatoms. The van der Waals surface area contributed by atoms with Crippen LogP contribution in [0.5, 0.6) is 11.8 Å². The van der Waals surface area contributed by atoms with Gasteiger partial charge in [0.1, 0.15) is 0 Å². The van der Waals surface area contributed by atoms with Crippen LogP contribution in [-0.2, 0) is 13.0 Å². The third kappa shape index (κ3) is 2.72. The number of carbonyl (C=O) groups excluding carboxylic acids is 1. The number of carbonyl (C=O) groups is 1. The third-order valence-electron chi connectivity index (χ3n) is 3.71. The average molecular weight is 299 g/mol. The Morgan fingerprint density at radius 2 is 1.73 bits per heavy atom. The van der Waals surface area contributed by atoms with E-state index in [2.05, 4.69) is 16.0 Å². The fourth-order valence-electron chi connectivity index (χ4n) is 2.52. The van der Waals surface area contributed by atoms with Crippen LogP contribution in [0.1, 0.15) is 21.7 Å². The first kappa shape index (κ1) is 14.3. The molecular formula is C16H17N3O3. The van der Waals surface area contributed by atoms with Crippen LogP contribution < -0.4 is 9.47 Å². The lowest BCUT2D eigenvalue weighted by Crippen LogP contribution is -2.36. The molecule has 1 amide bonds. The predicted molar refractivity (Wildman–Crippen MR) is 80.0 cm³/mol. The van der Waals surface area contributed by atoms with Crippen LogP contribution in [0.15, 0.2) is 30.3 Å². The number of benzene rings is 1. The second-order valence-electron chi connectivity index (χ2n) is 5.02. The van der Waals surface area contributed by atoms with Crippen molar-refractivity contribution in [3.05, 3.63) is 47.3 Å². The number of rotatable bonds is 3. The van der Waals surface area contributed by atoms with Crippen LogP contribution >= 0.6 is 0 Å². The quantitative estimate of drug-likeness (QED) is 0.863. The van der Waals surface area contributed by atoms with Crippen molar-refractivity contribution in [2.75, 3.05) is 20.8 Å². The van der Waals surface area contributed by atoms with Crippen molar-refractivity contribution < 1.29 is 14.3 Å². The Kier molecular flexibility index (Phi) is 3.91. The molecule has 22 heavy (non-hydrogen) atoms. The van der Waals surface area contributed by atoms with Gasteiger partial charge in [0, 0.05) is 13.1 Å². The molecule has 1 aromatic heterocycles. The fraction of sp³-hybridized carbons (Fsp3) is 0.312. The molecule has 0 saturated carbocycles. The van der Waals surface area contributed by atoms with Gasteiger partial charge in [-0.3, -0.25) is 4.79 Å². The molecule has 0 unspecified atom stereocenters. The number of hydrogen-bond donors (Lipinski definition) is 0. The molecule has 1 aromatic carbocycles. The summed E-state index contributed by atoms with van der Waals surface area (Å²) in [5.41, 5.74) is 2.45. The summed E-state index contributed by atoms with van der Waals surface area (Å²) in [6, 6.07) is 9.69. The van der Waals surface area contributed by atoms with Gasteiger partial charge < -0.3 is 14.4 Å². The first-order valence-corrected chi connectivity index (χ1v) is 7.04. The van der Waals surface area contributed by atoms with Gasteiger partial charge in [0.25, 0.3) is 5.91 Å². The molecular weight excluding hydrogens is 282 g/mol. The van der Waals surface area contributed by atoms with Crippen molar-refractivity contribution in [3.8, 4) is 11.8 Å². The minimum atomic E-state index is -0.216. The molecule has 6 nitrogen and oxygen atoms in total. The van der Waals surface area contributed by atoms with E-state index < -0.39 is 0 Å². The lowest BCUT2D eigenvalue weighted by molar-refractivity contribution is 0.0720.